The van der Waals surface area contributed by atoms with Crippen LogP contribution in [-0.2, 0) is 4.79 Å². The van der Waals surface area contributed by atoms with Gasteiger partial charge in [-0.05, 0) is 31.5 Å². The minimum Gasteiger partial charge on any atom is -0.394 e. The first-order chi connectivity index (χ1) is 8.63. The summed E-state index contributed by atoms with van der Waals surface area (Å²) in [6.07, 6.45) is 0.870. The molecule has 1 amide bonds. The van der Waals surface area contributed by atoms with Crippen LogP contribution in [0.25, 0.3) is 0 Å². The zero-order valence-electron chi connectivity index (χ0n) is 10.3. The molecule has 1 saturated heterocycles. The van der Waals surface area contributed by atoms with Crippen molar-refractivity contribution in [2.45, 2.75) is 25.4 Å². The van der Waals surface area contributed by atoms with E-state index in [0.717, 1.165) is 16.6 Å². The summed E-state index contributed by atoms with van der Waals surface area (Å²) in [6, 6.07) is 7.50. The minimum absolute atomic E-state index is 0.109. The number of aliphatic hydroxyl groups is 1. The summed E-state index contributed by atoms with van der Waals surface area (Å²) in [5.41, 5.74) is 0.952. The SMILES string of the molecule is CC1CCNC(=O)C(CO)N1c1cccc(Br)c1. The van der Waals surface area contributed by atoms with Gasteiger partial charge in [-0.25, -0.2) is 0 Å². The molecule has 0 aromatic heterocycles. The number of amides is 1. The Morgan fingerprint density at radius 1 is 1.56 bits per heavy atom. The number of hydrogen-bond donors (Lipinski definition) is 2. The molecule has 2 unspecified atom stereocenters. The van der Waals surface area contributed by atoms with Crippen LogP contribution in [0.15, 0.2) is 28.7 Å². The predicted molar refractivity (Wildman–Crippen MR) is 74.6 cm³/mol. The molecule has 0 saturated carbocycles. The van der Waals surface area contributed by atoms with Crippen molar-refractivity contribution in [2.24, 2.45) is 0 Å². The quantitative estimate of drug-likeness (QED) is 0.870. The van der Waals surface area contributed by atoms with Crippen molar-refractivity contribution in [3.05, 3.63) is 28.7 Å². The Labute approximate surface area is 115 Å². The third-order valence-electron chi connectivity index (χ3n) is 3.25. The fourth-order valence-corrected chi connectivity index (χ4v) is 2.72. The molecule has 1 aliphatic heterocycles. The lowest BCUT2D eigenvalue weighted by atomic mass is 10.1. The first-order valence-electron chi connectivity index (χ1n) is 6.06. The summed E-state index contributed by atoms with van der Waals surface area (Å²) in [4.78, 5) is 13.9. The van der Waals surface area contributed by atoms with E-state index in [1.165, 1.54) is 0 Å². The summed E-state index contributed by atoms with van der Waals surface area (Å²) >= 11 is 3.44. The summed E-state index contributed by atoms with van der Waals surface area (Å²) in [5.74, 6) is -0.109. The molecule has 1 aromatic carbocycles. The van der Waals surface area contributed by atoms with Crippen molar-refractivity contribution in [2.75, 3.05) is 18.1 Å². The molecule has 5 heteroatoms. The number of carbonyl (C=O) groups excluding carboxylic acids is 1. The largest absolute Gasteiger partial charge is 0.394 e. The topological polar surface area (TPSA) is 52.6 Å². The number of rotatable bonds is 2. The van der Waals surface area contributed by atoms with Gasteiger partial charge in [0.2, 0.25) is 5.91 Å². The molecule has 2 N–H and O–H groups in total. The van der Waals surface area contributed by atoms with E-state index in [-0.39, 0.29) is 18.6 Å². The minimum atomic E-state index is -0.517. The Morgan fingerprint density at radius 3 is 3.00 bits per heavy atom. The monoisotopic (exact) mass is 312 g/mol. The number of nitrogens with zero attached hydrogens (tertiary/aromatic N) is 1. The molecule has 1 fully saturated rings. The van der Waals surface area contributed by atoms with Crippen molar-refractivity contribution >= 4 is 27.5 Å². The molecule has 2 rings (SSSR count). The number of aliphatic hydroxyl groups excluding tert-OH is 1. The number of hydrogen-bond acceptors (Lipinski definition) is 3. The smallest absolute Gasteiger partial charge is 0.245 e. The Morgan fingerprint density at radius 2 is 2.33 bits per heavy atom. The normalized spacial score (nSPS) is 24.6. The third-order valence-corrected chi connectivity index (χ3v) is 3.75. The maximum Gasteiger partial charge on any atom is 0.245 e. The highest BCUT2D eigenvalue weighted by atomic mass is 79.9. The van der Waals surface area contributed by atoms with E-state index in [2.05, 4.69) is 28.2 Å². The van der Waals surface area contributed by atoms with Gasteiger partial charge in [0.05, 0.1) is 6.61 Å². The van der Waals surface area contributed by atoms with Gasteiger partial charge >= 0.3 is 0 Å². The van der Waals surface area contributed by atoms with Crippen molar-refractivity contribution in [1.82, 2.24) is 5.32 Å². The van der Waals surface area contributed by atoms with E-state index < -0.39 is 6.04 Å². The predicted octanol–water partition coefficient (Wildman–Crippen LogP) is 1.52. The van der Waals surface area contributed by atoms with Gasteiger partial charge in [-0.15, -0.1) is 0 Å². The van der Waals surface area contributed by atoms with Crippen molar-refractivity contribution < 1.29 is 9.90 Å². The van der Waals surface area contributed by atoms with Gasteiger partial charge in [0, 0.05) is 22.7 Å². The maximum atomic E-state index is 11.9. The molecule has 0 aliphatic carbocycles. The van der Waals surface area contributed by atoms with E-state index >= 15 is 0 Å². The van der Waals surface area contributed by atoms with Crippen LogP contribution in [0.4, 0.5) is 5.69 Å². The zero-order valence-corrected chi connectivity index (χ0v) is 11.9. The zero-order chi connectivity index (χ0) is 13.1. The van der Waals surface area contributed by atoms with E-state index in [0.29, 0.717) is 6.54 Å². The second-order valence-corrected chi connectivity index (χ2v) is 5.43. The Bertz CT molecular complexity index is 439. The average Bonchev–Trinajstić information content (AvgIpc) is 2.48. The number of anilines is 1. The number of nitrogens with one attached hydrogen (secondary N) is 1. The van der Waals surface area contributed by atoms with Gasteiger partial charge in [-0.1, -0.05) is 22.0 Å². The molecule has 0 radical (unpaired) electrons. The number of carbonyl (C=O) groups is 1. The fourth-order valence-electron chi connectivity index (χ4n) is 2.34. The molecule has 0 spiro atoms. The highest BCUT2D eigenvalue weighted by Crippen LogP contribution is 2.26. The summed E-state index contributed by atoms with van der Waals surface area (Å²) in [7, 11) is 0. The van der Waals surface area contributed by atoms with Gasteiger partial charge in [0.15, 0.2) is 0 Å². The summed E-state index contributed by atoms with van der Waals surface area (Å²) in [6.45, 7) is 2.55. The van der Waals surface area contributed by atoms with Gasteiger partial charge in [-0.2, -0.15) is 0 Å². The molecule has 2 atom stereocenters. The van der Waals surface area contributed by atoms with Gasteiger partial charge in [0.25, 0.3) is 0 Å². The lowest BCUT2D eigenvalue weighted by molar-refractivity contribution is -0.122. The van der Waals surface area contributed by atoms with Crippen molar-refractivity contribution in [3.63, 3.8) is 0 Å². The maximum absolute atomic E-state index is 11.9. The molecule has 18 heavy (non-hydrogen) atoms. The highest BCUT2D eigenvalue weighted by molar-refractivity contribution is 9.10. The first-order valence-corrected chi connectivity index (χ1v) is 6.85. The van der Waals surface area contributed by atoms with Gasteiger partial charge in [0.1, 0.15) is 6.04 Å². The average molecular weight is 313 g/mol. The van der Waals surface area contributed by atoms with Crippen molar-refractivity contribution in [1.29, 1.82) is 0 Å². The van der Waals surface area contributed by atoms with Crippen LogP contribution in [0.3, 0.4) is 0 Å². The molecule has 1 aliphatic rings. The van der Waals surface area contributed by atoms with Crippen LogP contribution in [0.5, 0.6) is 0 Å². The summed E-state index contributed by atoms with van der Waals surface area (Å²) in [5, 5.41) is 12.3. The lowest BCUT2D eigenvalue weighted by Gasteiger charge is -2.34. The van der Waals surface area contributed by atoms with Gasteiger partial charge < -0.3 is 15.3 Å². The number of benzene rings is 1. The van der Waals surface area contributed by atoms with Crippen LogP contribution in [-0.4, -0.2) is 36.2 Å². The van der Waals surface area contributed by atoms with Crippen molar-refractivity contribution in [3.8, 4) is 0 Å². The van der Waals surface area contributed by atoms with E-state index in [1.54, 1.807) is 0 Å². The van der Waals surface area contributed by atoms with E-state index in [9.17, 15) is 9.90 Å². The molecular formula is C13H17BrN2O2. The number of halogens is 1. The van der Waals surface area contributed by atoms with Gasteiger partial charge in [-0.3, -0.25) is 4.79 Å². The van der Waals surface area contributed by atoms with Crippen LogP contribution >= 0.6 is 15.9 Å². The van der Waals surface area contributed by atoms with Crippen LogP contribution in [0, 0.1) is 0 Å². The first kappa shape index (κ1) is 13.4. The molecular weight excluding hydrogens is 296 g/mol. The molecule has 1 heterocycles. The highest BCUT2D eigenvalue weighted by Gasteiger charge is 2.31. The van der Waals surface area contributed by atoms with Crippen LogP contribution < -0.4 is 10.2 Å². The second kappa shape index (κ2) is 5.71. The van der Waals surface area contributed by atoms with E-state index in [4.69, 9.17) is 0 Å². The van der Waals surface area contributed by atoms with Crippen LogP contribution in [0.1, 0.15) is 13.3 Å². The van der Waals surface area contributed by atoms with E-state index in [1.807, 2.05) is 29.2 Å². The molecule has 0 bridgehead atoms. The molecule has 4 nitrogen and oxygen atoms in total. The Balaban J connectivity index is 2.38. The summed E-state index contributed by atoms with van der Waals surface area (Å²) < 4.78 is 0.966. The van der Waals surface area contributed by atoms with Crippen LogP contribution in [0.2, 0.25) is 0 Å². The lowest BCUT2D eigenvalue weighted by Crippen LogP contribution is -2.49. The fraction of sp³-hybridized carbons (Fsp3) is 0.462. The standard InChI is InChI=1S/C13H17BrN2O2/c1-9-5-6-15-13(18)12(8-17)16(9)11-4-2-3-10(14)7-11/h2-4,7,9,12,17H,5-6,8H2,1H3,(H,15,18). The Hall–Kier alpha value is -1.07. The Kier molecular flexibility index (Phi) is 4.24. The third kappa shape index (κ3) is 2.67. The molecule has 1 aromatic rings. The molecule has 98 valence electrons. The second-order valence-electron chi connectivity index (χ2n) is 4.51.